The van der Waals surface area contributed by atoms with Gasteiger partial charge in [-0.15, -0.1) is 0 Å². The van der Waals surface area contributed by atoms with Gasteiger partial charge in [-0.25, -0.2) is 4.98 Å². The van der Waals surface area contributed by atoms with E-state index >= 15 is 0 Å². The third-order valence-corrected chi connectivity index (χ3v) is 3.48. The van der Waals surface area contributed by atoms with Crippen molar-refractivity contribution >= 4 is 23.3 Å². The van der Waals surface area contributed by atoms with E-state index in [2.05, 4.69) is 15.6 Å². The number of rotatable bonds is 3. The molecule has 0 radical (unpaired) electrons. The molecule has 1 aromatic rings. The lowest BCUT2D eigenvalue weighted by molar-refractivity contribution is 0.0272. The number of nitrogens with zero attached hydrogens (tertiary/aromatic N) is 1. The molecule has 1 unspecified atom stereocenters. The fourth-order valence-corrected chi connectivity index (χ4v) is 2.39. The van der Waals surface area contributed by atoms with Crippen LogP contribution in [0.1, 0.15) is 30.1 Å². The highest BCUT2D eigenvalue weighted by atomic mass is 35.5. The SMILES string of the molecule is CNc1ncc(C(=O)NC2(C)CCCOC2)cc1Cl. The van der Waals surface area contributed by atoms with Crippen molar-refractivity contribution in [2.75, 3.05) is 25.6 Å². The molecule has 0 bridgehead atoms. The number of amides is 1. The van der Waals surface area contributed by atoms with Gasteiger partial charge in [-0.1, -0.05) is 11.6 Å². The molecule has 2 heterocycles. The Labute approximate surface area is 117 Å². The van der Waals surface area contributed by atoms with Gasteiger partial charge < -0.3 is 15.4 Å². The highest BCUT2D eigenvalue weighted by molar-refractivity contribution is 6.33. The Kier molecular flexibility index (Phi) is 4.27. The molecular formula is C13H18ClN3O2. The van der Waals surface area contributed by atoms with Gasteiger partial charge in [0.2, 0.25) is 0 Å². The van der Waals surface area contributed by atoms with Gasteiger partial charge in [0.05, 0.1) is 22.7 Å². The van der Waals surface area contributed by atoms with Gasteiger partial charge >= 0.3 is 0 Å². The summed E-state index contributed by atoms with van der Waals surface area (Å²) < 4.78 is 5.42. The predicted molar refractivity (Wildman–Crippen MR) is 74.7 cm³/mol. The minimum Gasteiger partial charge on any atom is -0.379 e. The van der Waals surface area contributed by atoms with Gasteiger partial charge in [-0.3, -0.25) is 4.79 Å². The van der Waals surface area contributed by atoms with Crippen molar-refractivity contribution in [2.45, 2.75) is 25.3 Å². The number of pyridine rings is 1. The second-order valence-electron chi connectivity index (χ2n) is 4.98. The third kappa shape index (κ3) is 3.36. The summed E-state index contributed by atoms with van der Waals surface area (Å²) in [5, 5.41) is 6.28. The Hall–Kier alpha value is -1.33. The first-order valence-electron chi connectivity index (χ1n) is 6.28. The number of halogens is 1. The average molecular weight is 284 g/mol. The maximum Gasteiger partial charge on any atom is 0.253 e. The average Bonchev–Trinajstić information content (AvgIpc) is 2.39. The minimum atomic E-state index is -0.316. The topological polar surface area (TPSA) is 63.2 Å². The second-order valence-corrected chi connectivity index (χ2v) is 5.38. The lowest BCUT2D eigenvalue weighted by Gasteiger charge is -2.34. The Morgan fingerprint density at radius 3 is 2.95 bits per heavy atom. The van der Waals surface area contributed by atoms with Crippen LogP contribution in [-0.2, 0) is 4.74 Å². The standard InChI is InChI=1S/C13H18ClN3O2/c1-13(4-3-5-19-8-13)17-12(18)9-6-10(14)11(15-2)16-7-9/h6-7H,3-5,8H2,1-2H3,(H,15,16)(H,17,18). The van der Waals surface area contributed by atoms with E-state index in [-0.39, 0.29) is 11.4 Å². The van der Waals surface area contributed by atoms with E-state index < -0.39 is 0 Å². The molecule has 1 aromatic heterocycles. The molecule has 0 spiro atoms. The van der Waals surface area contributed by atoms with Crippen LogP contribution in [0.3, 0.4) is 0 Å². The van der Waals surface area contributed by atoms with Crippen LogP contribution in [-0.4, -0.2) is 36.7 Å². The van der Waals surface area contributed by atoms with Crippen LogP contribution in [0.5, 0.6) is 0 Å². The Morgan fingerprint density at radius 1 is 1.58 bits per heavy atom. The van der Waals surface area contributed by atoms with E-state index in [1.165, 1.54) is 6.20 Å². The van der Waals surface area contributed by atoms with Crippen molar-refractivity contribution in [2.24, 2.45) is 0 Å². The van der Waals surface area contributed by atoms with Crippen molar-refractivity contribution in [1.82, 2.24) is 10.3 Å². The van der Waals surface area contributed by atoms with Gasteiger partial charge in [0, 0.05) is 19.9 Å². The molecule has 2 rings (SSSR count). The molecule has 0 aliphatic carbocycles. The summed E-state index contributed by atoms with van der Waals surface area (Å²) in [6.07, 6.45) is 3.38. The summed E-state index contributed by atoms with van der Waals surface area (Å²) in [6.45, 7) is 3.28. The van der Waals surface area contributed by atoms with E-state index in [0.29, 0.717) is 23.0 Å². The molecule has 0 saturated carbocycles. The molecule has 1 fully saturated rings. The normalized spacial score (nSPS) is 22.9. The third-order valence-electron chi connectivity index (χ3n) is 3.19. The largest absolute Gasteiger partial charge is 0.379 e. The highest BCUT2D eigenvalue weighted by Gasteiger charge is 2.29. The number of hydrogen-bond donors (Lipinski definition) is 2. The van der Waals surface area contributed by atoms with Gasteiger partial charge in [-0.05, 0) is 25.8 Å². The van der Waals surface area contributed by atoms with Crippen molar-refractivity contribution in [3.05, 3.63) is 22.8 Å². The number of ether oxygens (including phenoxy) is 1. The number of carbonyl (C=O) groups excluding carboxylic acids is 1. The fraction of sp³-hybridized carbons (Fsp3) is 0.538. The number of carbonyl (C=O) groups is 1. The highest BCUT2D eigenvalue weighted by Crippen LogP contribution is 2.22. The van der Waals surface area contributed by atoms with Crippen LogP contribution in [0, 0.1) is 0 Å². The van der Waals surface area contributed by atoms with Crippen molar-refractivity contribution in [3.8, 4) is 0 Å². The smallest absolute Gasteiger partial charge is 0.253 e. The van der Waals surface area contributed by atoms with E-state index in [1.54, 1.807) is 13.1 Å². The Bertz CT molecular complexity index is 473. The molecular weight excluding hydrogens is 266 g/mol. The van der Waals surface area contributed by atoms with Gasteiger partial charge in [0.25, 0.3) is 5.91 Å². The lowest BCUT2D eigenvalue weighted by atomic mass is 9.94. The van der Waals surface area contributed by atoms with Gasteiger partial charge in [-0.2, -0.15) is 0 Å². The second kappa shape index (κ2) is 5.75. The predicted octanol–water partition coefficient (Wildman–Crippen LogP) is 2.08. The van der Waals surface area contributed by atoms with E-state index in [1.807, 2.05) is 6.92 Å². The molecule has 1 saturated heterocycles. The minimum absolute atomic E-state index is 0.176. The first-order valence-corrected chi connectivity index (χ1v) is 6.65. The lowest BCUT2D eigenvalue weighted by Crippen LogP contribution is -2.51. The maximum absolute atomic E-state index is 12.2. The van der Waals surface area contributed by atoms with E-state index in [0.717, 1.165) is 19.4 Å². The van der Waals surface area contributed by atoms with Crippen LogP contribution >= 0.6 is 11.6 Å². The zero-order valence-electron chi connectivity index (χ0n) is 11.1. The summed E-state index contributed by atoms with van der Waals surface area (Å²) in [6, 6.07) is 1.61. The molecule has 2 N–H and O–H groups in total. The van der Waals surface area contributed by atoms with Gasteiger partial charge in [0.1, 0.15) is 5.82 Å². The molecule has 1 atom stereocenters. The summed E-state index contributed by atoms with van der Waals surface area (Å²) in [5.41, 5.74) is 0.138. The monoisotopic (exact) mass is 283 g/mol. The zero-order valence-corrected chi connectivity index (χ0v) is 11.9. The van der Waals surface area contributed by atoms with Crippen LogP contribution in [0.2, 0.25) is 5.02 Å². The number of nitrogens with one attached hydrogen (secondary N) is 2. The molecule has 6 heteroatoms. The van der Waals surface area contributed by atoms with E-state index in [4.69, 9.17) is 16.3 Å². The number of hydrogen-bond acceptors (Lipinski definition) is 4. The molecule has 1 amide bonds. The maximum atomic E-state index is 12.2. The van der Waals surface area contributed by atoms with Gasteiger partial charge in [0.15, 0.2) is 0 Å². The zero-order chi connectivity index (χ0) is 13.9. The van der Waals surface area contributed by atoms with Crippen LogP contribution in [0.15, 0.2) is 12.3 Å². The van der Waals surface area contributed by atoms with Crippen LogP contribution in [0.4, 0.5) is 5.82 Å². The summed E-state index contributed by atoms with van der Waals surface area (Å²) >= 11 is 6.02. The van der Waals surface area contributed by atoms with E-state index in [9.17, 15) is 4.79 Å². The Balaban J connectivity index is 2.09. The first-order chi connectivity index (χ1) is 9.04. The molecule has 1 aliphatic heterocycles. The molecule has 5 nitrogen and oxygen atoms in total. The Morgan fingerprint density at radius 2 is 2.37 bits per heavy atom. The fourth-order valence-electron chi connectivity index (χ4n) is 2.12. The quantitative estimate of drug-likeness (QED) is 0.891. The van der Waals surface area contributed by atoms with Crippen molar-refractivity contribution < 1.29 is 9.53 Å². The molecule has 1 aliphatic rings. The number of aromatic nitrogens is 1. The summed E-state index contributed by atoms with van der Waals surface area (Å²) in [5.74, 6) is 0.385. The molecule has 19 heavy (non-hydrogen) atoms. The molecule has 0 aromatic carbocycles. The summed E-state index contributed by atoms with van der Waals surface area (Å²) in [4.78, 5) is 16.3. The van der Waals surface area contributed by atoms with Crippen molar-refractivity contribution in [3.63, 3.8) is 0 Å². The first kappa shape index (κ1) is 14.1. The van der Waals surface area contributed by atoms with Crippen LogP contribution < -0.4 is 10.6 Å². The van der Waals surface area contributed by atoms with Crippen LogP contribution in [0.25, 0.3) is 0 Å². The number of anilines is 1. The van der Waals surface area contributed by atoms with Crippen molar-refractivity contribution in [1.29, 1.82) is 0 Å². The molecule has 104 valence electrons. The summed E-state index contributed by atoms with van der Waals surface area (Å²) in [7, 11) is 1.73.